The highest BCUT2D eigenvalue weighted by molar-refractivity contribution is 6.30. The van der Waals surface area contributed by atoms with Gasteiger partial charge in [0.1, 0.15) is 0 Å². The Hall–Kier alpha value is -1.53. The fourth-order valence-corrected chi connectivity index (χ4v) is 1.35. The van der Waals surface area contributed by atoms with Gasteiger partial charge in [-0.3, -0.25) is 4.79 Å². The number of nitrogens with zero attached hydrogens (tertiary/aromatic N) is 1. The third kappa shape index (κ3) is 3.26. The number of ether oxygens (including phenoxy) is 1. The van der Waals surface area contributed by atoms with Crippen LogP contribution in [0.2, 0.25) is 5.02 Å². The van der Waals surface area contributed by atoms with E-state index in [1.54, 1.807) is 19.1 Å². The minimum atomic E-state index is -0.337. The molecule has 0 unspecified atom stereocenters. The van der Waals surface area contributed by atoms with Crippen LogP contribution in [0.3, 0.4) is 0 Å². The van der Waals surface area contributed by atoms with Crippen molar-refractivity contribution in [1.82, 2.24) is 0 Å². The number of carbonyl (C=O) groups excluding carboxylic acids is 1. The molecule has 0 aliphatic carbocycles. The van der Waals surface area contributed by atoms with E-state index >= 15 is 0 Å². The molecule has 0 saturated heterocycles. The number of esters is 1. The fraction of sp³-hybridized carbons (Fsp3) is 0.273. The summed E-state index contributed by atoms with van der Waals surface area (Å²) in [6.07, 6.45) is 0.105. The standard InChI is InChI=1S/C11H10ClNO2/c1-2-15-11(14)6-8-3-4-10(12)5-9(8)7-13/h3-5H,2,6H2,1H3. The topological polar surface area (TPSA) is 50.1 Å². The zero-order valence-electron chi connectivity index (χ0n) is 8.29. The molecule has 4 heteroatoms. The smallest absolute Gasteiger partial charge is 0.310 e. The van der Waals surface area contributed by atoms with Gasteiger partial charge in [0.2, 0.25) is 0 Å². The minimum Gasteiger partial charge on any atom is -0.466 e. The first-order valence-electron chi connectivity index (χ1n) is 4.51. The molecule has 0 bridgehead atoms. The van der Waals surface area contributed by atoms with Crippen LogP contribution in [0.1, 0.15) is 18.1 Å². The van der Waals surface area contributed by atoms with E-state index in [2.05, 4.69) is 0 Å². The SMILES string of the molecule is CCOC(=O)Cc1ccc(Cl)cc1C#N. The van der Waals surface area contributed by atoms with Gasteiger partial charge < -0.3 is 4.74 Å². The molecular formula is C11H10ClNO2. The van der Waals surface area contributed by atoms with E-state index in [1.165, 1.54) is 6.07 Å². The predicted octanol–water partition coefficient (Wildman–Crippen LogP) is 2.32. The molecule has 0 fully saturated rings. The molecule has 0 radical (unpaired) electrons. The van der Waals surface area contributed by atoms with Crippen molar-refractivity contribution in [3.05, 3.63) is 34.3 Å². The molecule has 1 aromatic carbocycles. The van der Waals surface area contributed by atoms with Gasteiger partial charge in [0.15, 0.2) is 0 Å². The Labute approximate surface area is 93.2 Å². The lowest BCUT2D eigenvalue weighted by Crippen LogP contribution is -2.08. The average Bonchev–Trinajstić information content (AvgIpc) is 2.21. The van der Waals surface area contributed by atoms with Crippen LogP contribution in [-0.2, 0) is 16.0 Å². The maximum Gasteiger partial charge on any atom is 0.310 e. The molecule has 1 aromatic rings. The zero-order valence-corrected chi connectivity index (χ0v) is 9.04. The summed E-state index contributed by atoms with van der Waals surface area (Å²) >= 11 is 5.73. The van der Waals surface area contributed by atoms with Crippen LogP contribution in [0.5, 0.6) is 0 Å². The first-order chi connectivity index (χ1) is 7.17. The maximum absolute atomic E-state index is 11.2. The first kappa shape index (κ1) is 11.5. The number of rotatable bonds is 3. The molecule has 0 spiro atoms. The summed E-state index contributed by atoms with van der Waals surface area (Å²) in [5.41, 5.74) is 1.05. The van der Waals surface area contributed by atoms with Gasteiger partial charge in [0.25, 0.3) is 0 Å². The number of benzene rings is 1. The van der Waals surface area contributed by atoms with E-state index in [0.29, 0.717) is 22.8 Å². The molecule has 0 saturated carbocycles. The Kier molecular flexibility index (Phi) is 4.14. The largest absolute Gasteiger partial charge is 0.466 e. The van der Waals surface area contributed by atoms with Gasteiger partial charge in [-0.1, -0.05) is 17.7 Å². The highest BCUT2D eigenvalue weighted by Gasteiger charge is 2.08. The Morgan fingerprint density at radius 3 is 2.93 bits per heavy atom. The van der Waals surface area contributed by atoms with Crippen LogP contribution in [0.15, 0.2) is 18.2 Å². The Morgan fingerprint density at radius 1 is 1.60 bits per heavy atom. The third-order valence-electron chi connectivity index (χ3n) is 1.83. The van der Waals surface area contributed by atoms with E-state index in [1.807, 2.05) is 6.07 Å². The monoisotopic (exact) mass is 223 g/mol. The van der Waals surface area contributed by atoms with E-state index in [4.69, 9.17) is 21.6 Å². The van der Waals surface area contributed by atoms with E-state index in [0.717, 1.165) is 0 Å². The number of hydrogen-bond acceptors (Lipinski definition) is 3. The van der Waals surface area contributed by atoms with Crippen molar-refractivity contribution >= 4 is 17.6 Å². The summed E-state index contributed by atoms with van der Waals surface area (Å²) in [5.74, 6) is -0.337. The molecule has 0 aromatic heterocycles. The second-order valence-corrected chi connectivity index (χ2v) is 3.33. The molecule has 78 valence electrons. The highest BCUT2D eigenvalue weighted by atomic mass is 35.5. The van der Waals surface area contributed by atoms with Gasteiger partial charge in [0, 0.05) is 5.02 Å². The summed E-state index contributed by atoms with van der Waals surface area (Å²) in [5, 5.41) is 9.31. The summed E-state index contributed by atoms with van der Waals surface area (Å²) in [7, 11) is 0. The molecule has 0 heterocycles. The van der Waals surface area contributed by atoms with Crippen molar-refractivity contribution in [2.24, 2.45) is 0 Å². The maximum atomic E-state index is 11.2. The van der Waals surface area contributed by atoms with Crippen molar-refractivity contribution < 1.29 is 9.53 Å². The molecular weight excluding hydrogens is 214 g/mol. The summed E-state index contributed by atoms with van der Waals surface area (Å²) in [6.45, 7) is 2.08. The van der Waals surface area contributed by atoms with E-state index in [-0.39, 0.29) is 12.4 Å². The van der Waals surface area contributed by atoms with Crippen molar-refractivity contribution in [2.75, 3.05) is 6.61 Å². The number of halogens is 1. The van der Waals surface area contributed by atoms with Crippen LogP contribution < -0.4 is 0 Å². The van der Waals surface area contributed by atoms with E-state index in [9.17, 15) is 4.79 Å². The van der Waals surface area contributed by atoms with Crippen LogP contribution in [0.25, 0.3) is 0 Å². The minimum absolute atomic E-state index is 0.105. The third-order valence-corrected chi connectivity index (χ3v) is 2.07. The zero-order chi connectivity index (χ0) is 11.3. The summed E-state index contributed by atoms with van der Waals surface area (Å²) in [6, 6.07) is 6.84. The van der Waals surface area contributed by atoms with Crippen molar-refractivity contribution in [3.8, 4) is 6.07 Å². The molecule has 3 nitrogen and oxygen atoms in total. The van der Waals surface area contributed by atoms with Gasteiger partial charge in [-0.05, 0) is 24.6 Å². The lowest BCUT2D eigenvalue weighted by Gasteiger charge is -2.04. The Balaban J connectivity index is 2.86. The van der Waals surface area contributed by atoms with Crippen LogP contribution in [-0.4, -0.2) is 12.6 Å². The van der Waals surface area contributed by atoms with Gasteiger partial charge in [0.05, 0.1) is 24.7 Å². The van der Waals surface area contributed by atoms with Gasteiger partial charge >= 0.3 is 5.97 Å². The summed E-state index contributed by atoms with van der Waals surface area (Å²) < 4.78 is 4.79. The van der Waals surface area contributed by atoms with Crippen LogP contribution in [0.4, 0.5) is 0 Å². The molecule has 0 N–H and O–H groups in total. The molecule has 0 aliphatic heterocycles. The highest BCUT2D eigenvalue weighted by Crippen LogP contribution is 2.16. The van der Waals surface area contributed by atoms with Crippen molar-refractivity contribution in [3.63, 3.8) is 0 Å². The van der Waals surface area contributed by atoms with E-state index < -0.39 is 0 Å². The second kappa shape index (κ2) is 5.38. The van der Waals surface area contributed by atoms with Gasteiger partial charge in [-0.15, -0.1) is 0 Å². The molecule has 0 aliphatic rings. The van der Waals surface area contributed by atoms with Crippen LogP contribution >= 0.6 is 11.6 Å². The average molecular weight is 224 g/mol. The van der Waals surface area contributed by atoms with Gasteiger partial charge in [-0.25, -0.2) is 0 Å². The lowest BCUT2D eigenvalue weighted by atomic mass is 10.1. The summed E-state index contributed by atoms with van der Waals surface area (Å²) in [4.78, 5) is 11.2. The van der Waals surface area contributed by atoms with Crippen LogP contribution in [0, 0.1) is 11.3 Å². The van der Waals surface area contributed by atoms with Crippen molar-refractivity contribution in [2.45, 2.75) is 13.3 Å². The van der Waals surface area contributed by atoms with Gasteiger partial charge in [-0.2, -0.15) is 5.26 Å². The number of carbonyl (C=O) groups is 1. The molecule has 0 atom stereocenters. The normalized spacial score (nSPS) is 9.40. The van der Waals surface area contributed by atoms with Crippen molar-refractivity contribution in [1.29, 1.82) is 5.26 Å². The lowest BCUT2D eigenvalue weighted by molar-refractivity contribution is -0.142. The Morgan fingerprint density at radius 2 is 2.33 bits per heavy atom. The second-order valence-electron chi connectivity index (χ2n) is 2.90. The quantitative estimate of drug-likeness (QED) is 0.739. The molecule has 0 amide bonds. The molecule has 15 heavy (non-hydrogen) atoms. The molecule has 1 rings (SSSR count). The fourth-order valence-electron chi connectivity index (χ4n) is 1.17. The Bertz CT molecular complexity index is 410. The number of hydrogen-bond donors (Lipinski definition) is 0. The first-order valence-corrected chi connectivity index (χ1v) is 4.89. The predicted molar refractivity (Wildman–Crippen MR) is 56.5 cm³/mol. The number of nitriles is 1.